The van der Waals surface area contributed by atoms with Gasteiger partial charge in [0.2, 0.25) is 0 Å². The van der Waals surface area contributed by atoms with Gasteiger partial charge in [-0.25, -0.2) is 12.7 Å². The standard InChI is InChI=1S/C23H26N2O6S/c1-13(2)21(15-6-8-18-19(11-15)31-10-9-30-18)24-22(26)16-5-7-17-20(12-16)32(28,29)25(14(3)4)23(17)27/h5-8,11-14,21H,9-10H2,1-4H3,(H,24,26). The minimum Gasteiger partial charge on any atom is -0.486 e. The molecule has 2 aliphatic heterocycles. The fourth-order valence-corrected chi connectivity index (χ4v) is 5.81. The molecular formula is C23H26N2O6S. The molecule has 170 valence electrons. The molecule has 0 aliphatic carbocycles. The Morgan fingerprint density at radius 2 is 1.69 bits per heavy atom. The number of carbonyl (C=O) groups excluding carboxylic acids is 2. The van der Waals surface area contributed by atoms with E-state index >= 15 is 0 Å². The fraction of sp³-hybridized carbons (Fsp3) is 0.391. The van der Waals surface area contributed by atoms with Gasteiger partial charge in [0.25, 0.3) is 21.8 Å². The highest BCUT2D eigenvalue weighted by Crippen LogP contribution is 2.35. The van der Waals surface area contributed by atoms with E-state index in [1.807, 2.05) is 32.0 Å². The van der Waals surface area contributed by atoms with Crippen LogP contribution in [0.2, 0.25) is 0 Å². The molecule has 1 atom stereocenters. The number of nitrogens with zero attached hydrogens (tertiary/aromatic N) is 1. The zero-order chi connectivity index (χ0) is 23.2. The number of hydrogen-bond donors (Lipinski definition) is 1. The zero-order valence-electron chi connectivity index (χ0n) is 18.4. The predicted octanol–water partition coefficient (Wildman–Crippen LogP) is 3.14. The first-order valence-corrected chi connectivity index (χ1v) is 12.0. The van der Waals surface area contributed by atoms with E-state index < -0.39 is 27.9 Å². The number of benzene rings is 2. The molecule has 4 rings (SSSR count). The van der Waals surface area contributed by atoms with E-state index in [4.69, 9.17) is 9.47 Å². The lowest BCUT2D eigenvalue weighted by Crippen LogP contribution is -2.36. The van der Waals surface area contributed by atoms with Gasteiger partial charge >= 0.3 is 0 Å². The Hall–Kier alpha value is -3.07. The van der Waals surface area contributed by atoms with Crippen molar-refractivity contribution in [3.05, 3.63) is 53.1 Å². The number of ether oxygens (including phenoxy) is 2. The molecule has 0 saturated carbocycles. The topological polar surface area (TPSA) is 102 Å². The SMILES string of the molecule is CC(C)C(NC(=O)c1ccc2c(c1)S(=O)(=O)N(C(C)C)C2=O)c1ccc2c(c1)OCCO2. The number of amides is 2. The molecule has 0 aromatic heterocycles. The van der Waals surface area contributed by atoms with Crippen molar-refractivity contribution >= 4 is 21.8 Å². The Kier molecular flexibility index (Phi) is 5.62. The molecule has 0 fully saturated rings. The van der Waals surface area contributed by atoms with Crippen LogP contribution in [0.25, 0.3) is 0 Å². The Balaban J connectivity index is 1.63. The molecule has 1 N–H and O–H groups in total. The van der Waals surface area contributed by atoms with Crippen molar-refractivity contribution in [1.82, 2.24) is 9.62 Å². The van der Waals surface area contributed by atoms with Crippen LogP contribution in [-0.4, -0.2) is 43.8 Å². The molecule has 8 nitrogen and oxygen atoms in total. The molecule has 1 unspecified atom stereocenters. The molecule has 0 spiro atoms. The summed E-state index contributed by atoms with van der Waals surface area (Å²) in [6.45, 7) is 8.19. The lowest BCUT2D eigenvalue weighted by molar-refractivity contribution is 0.0845. The summed E-state index contributed by atoms with van der Waals surface area (Å²) in [6.07, 6.45) is 0. The van der Waals surface area contributed by atoms with Crippen LogP contribution in [0.3, 0.4) is 0 Å². The summed E-state index contributed by atoms with van der Waals surface area (Å²) >= 11 is 0. The van der Waals surface area contributed by atoms with Crippen molar-refractivity contribution in [3.63, 3.8) is 0 Å². The Morgan fingerprint density at radius 1 is 1.00 bits per heavy atom. The van der Waals surface area contributed by atoms with Crippen molar-refractivity contribution in [2.45, 2.75) is 44.7 Å². The average molecular weight is 459 g/mol. The van der Waals surface area contributed by atoms with Crippen molar-refractivity contribution < 1.29 is 27.5 Å². The maximum absolute atomic E-state index is 13.1. The average Bonchev–Trinajstić information content (AvgIpc) is 2.96. The van der Waals surface area contributed by atoms with Gasteiger partial charge in [-0.05, 0) is 55.7 Å². The molecular weight excluding hydrogens is 432 g/mol. The second-order valence-corrected chi connectivity index (χ2v) is 10.3. The summed E-state index contributed by atoms with van der Waals surface area (Å²) in [5.41, 5.74) is 1.11. The third-order valence-corrected chi connectivity index (χ3v) is 7.56. The van der Waals surface area contributed by atoms with Crippen molar-refractivity contribution in [3.8, 4) is 11.5 Å². The number of hydrogen-bond acceptors (Lipinski definition) is 6. The molecule has 2 aromatic rings. The van der Waals surface area contributed by atoms with Crippen LogP contribution < -0.4 is 14.8 Å². The smallest absolute Gasteiger partial charge is 0.269 e. The number of fused-ring (bicyclic) bond motifs is 2. The van der Waals surface area contributed by atoms with Gasteiger partial charge in [-0.3, -0.25) is 9.59 Å². The number of sulfonamides is 1. The van der Waals surface area contributed by atoms with Gasteiger partial charge in [0.1, 0.15) is 18.1 Å². The monoisotopic (exact) mass is 458 g/mol. The van der Waals surface area contributed by atoms with Gasteiger partial charge in [0.05, 0.1) is 11.6 Å². The summed E-state index contributed by atoms with van der Waals surface area (Å²) in [5, 5.41) is 2.99. The van der Waals surface area contributed by atoms with Crippen LogP contribution in [0.15, 0.2) is 41.3 Å². The van der Waals surface area contributed by atoms with Crippen LogP contribution >= 0.6 is 0 Å². The van der Waals surface area contributed by atoms with Gasteiger partial charge in [-0.1, -0.05) is 19.9 Å². The predicted molar refractivity (Wildman–Crippen MR) is 117 cm³/mol. The molecule has 2 heterocycles. The normalized spacial score (nSPS) is 17.4. The second kappa shape index (κ2) is 8.12. The number of nitrogens with one attached hydrogen (secondary N) is 1. The highest BCUT2D eigenvalue weighted by atomic mass is 32.2. The Morgan fingerprint density at radius 3 is 2.34 bits per heavy atom. The maximum Gasteiger partial charge on any atom is 0.269 e. The summed E-state index contributed by atoms with van der Waals surface area (Å²) in [7, 11) is -3.98. The first kappa shape index (κ1) is 22.1. The first-order chi connectivity index (χ1) is 15.1. The van der Waals surface area contributed by atoms with Crippen molar-refractivity contribution in [1.29, 1.82) is 0 Å². The van der Waals surface area contributed by atoms with E-state index in [0.29, 0.717) is 24.7 Å². The van der Waals surface area contributed by atoms with E-state index in [-0.39, 0.29) is 28.0 Å². The summed E-state index contributed by atoms with van der Waals surface area (Å²) in [6, 6.07) is 8.86. The van der Waals surface area contributed by atoms with Crippen LogP contribution in [-0.2, 0) is 10.0 Å². The molecule has 0 radical (unpaired) electrons. The highest BCUT2D eigenvalue weighted by molar-refractivity contribution is 7.90. The fourth-order valence-electron chi connectivity index (χ4n) is 4.01. The second-order valence-electron chi connectivity index (χ2n) is 8.51. The summed E-state index contributed by atoms with van der Waals surface area (Å²) in [5.74, 6) is 0.351. The molecule has 2 aliphatic rings. The van der Waals surface area contributed by atoms with Gasteiger partial charge in [-0.2, -0.15) is 0 Å². The van der Waals surface area contributed by atoms with Crippen LogP contribution in [0.5, 0.6) is 11.5 Å². The molecule has 2 aromatic carbocycles. The number of carbonyl (C=O) groups is 2. The number of rotatable bonds is 5. The van der Waals surface area contributed by atoms with Gasteiger partial charge in [0, 0.05) is 11.6 Å². The van der Waals surface area contributed by atoms with E-state index in [9.17, 15) is 18.0 Å². The van der Waals surface area contributed by atoms with E-state index in [1.165, 1.54) is 18.2 Å². The van der Waals surface area contributed by atoms with Crippen molar-refractivity contribution in [2.24, 2.45) is 5.92 Å². The lowest BCUT2D eigenvalue weighted by atomic mass is 9.95. The third kappa shape index (κ3) is 3.70. The largest absolute Gasteiger partial charge is 0.486 e. The van der Waals surface area contributed by atoms with E-state index in [2.05, 4.69) is 5.32 Å². The van der Waals surface area contributed by atoms with Gasteiger partial charge in [0.15, 0.2) is 11.5 Å². The lowest BCUT2D eigenvalue weighted by Gasteiger charge is -2.25. The molecule has 0 bridgehead atoms. The van der Waals surface area contributed by atoms with Crippen LogP contribution in [0, 0.1) is 5.92 Å². The molecule has 9 heteroatoms. The van der Waals surface area contributed by atoms with Crippen molar-refractivity contribution in [2.75, 3.05) is 13.2 Å². The molecule has 32 heavy (non-hydrogen) atoms. The minimum atomic E-state index is -3.98. The molecule has 0 saturated heterocycles. The quantitative estimate of drug-likeness (QED) is 0.739. The third-order valence-electron chi connectivity index (χ3n) is 5.56. The Labute approximate surface area is 187 Å². The van der Waals surface area contributed by atoms with E-state index in [1.54, 1.807) is 13.8 Å². The van der Waals surface area contributed by atoms with Crippen LogP contribution in [0.4, 0.5) is 0 Å². The first-order valence-electron chi connectivity index (χ1n) is 10.5. The van der Waals surface area contributed by atoms with E-state index in [0.717, 1.165) is 9.87 Å². The van der Waals surface area contributed by atoms with Crippen LogP contribution in [0.1, 0.15) is 60.0 Å². The summed E-state index contributed by atoms with van der Waals surface area (Å²) in [4.78, 5) is 25.5. The molecule has 2 amide bonds. The highest BCUT2D eigenvalue weighted by Gasteiger charge is 2.43. The maximum atomic E-state index is 13.1. The minimum absolute atomic E-state index is 0.0534. The Bertz CT molecular complexity index is 1190. The zero-order valence-corrected chi connectivity index (χ0v) is 19.2. The van der Waals surface area contributed by atoms with Gasteiger partial charge < -0.3 is 14.8 Å². The summed E-state index contributed by atoms with van der Waals surface area (Å²) < 4.78 is 37.8. The van der Waals surface area contributed by atoms with Gasteiger partial charge in [-0.15, -0.1) is 0 Å².